The van der Waals surface area contributed by atoms with Crippen molar-refractivity contribution in [2.24, 2.45) is 0 Å². The van der Waals surface area contributed by atoms with Gasteiger partial charge in [0.1, 0.15) is 12.2 Å². The molecule has 5 nitrogen and oxygen atoms in total. The van der Waals surface area contributed by atoms with Crippen molar-refractivity contribution in [3.8, 4) is 0 Å². The second-order valence-electron chi connectivity index (χ2n) is 9.73. The van der Waals surface area contributed by atoms with Crippen molar-refractivity contribution >= 4 is 0 Å². The van der Waals surface area contributed by atoms with Crippen LogP contribution in [0.5, 0.6) is 0 Å². The van der Waals surface area contributed by atoms with Gasteiger partial charge < -0.3 is 23.7 Å². The number of hydrogen-bond acceptors (Lipinski definition) is 5. The van der Waals surface area contributed by atoms with E-state index in [1.165, 1.54) is 0 Å². The fourth-order valence-corrected chi connectivity index (χ4v) is 4.68. The molecule has 0 bridgehead atoms. The van der Waals surface area contributed by atoms with Gasteiger partial charge in [-0.2, -0.15) is 0 Å². The molecular formula is C34H36O5. The molecule has 4 atom stereocenters. The normalized spacial score (nSPS) is 21.0. The third-order valence-electron chi connectivity index (χ3n) is 6.75. The predicted octanol–water partition coefficient (Wildman–Crippen LogP) is 6.71. The summed E-state index contributed by atoms with van der Waals surface area (Å²) in [6.07, 6.45) is -0.774. The van der Waals surface area contributed by atoms with Crippen molar-refractivity contribution in [3.63, 3.8) is 0 Å². The van der Waals surface area contributed by atoms with Crippen LogP contribution in [0.25, 0.3) is 0 Å². The second kappa shape index (κ2) is 14.7. The van der Waals surface area contributed by atoms with Gasteiger partial charge in [-0.1, -0.05) is 121 Å². The molecular weight excluding hydrogens is 488 g/mol. The highest BCUT2D eigenvalue weighted by molar-refractivity contribution is 5.16. The second-order valence-corrected chi connectivity index (χ2v) is 9.73. The van der Waals surface area contributed by atoms with E-state index in [9.17, 15) is 0 Å². The highest BCUT2D eigenvalue weighted by Crippen LogP contribution is 2.29. The van der Waals surface area contributed by atoms with Gasteiger partial charge in [0.15, 0.2) is 6.29 Å². The number of benzene rings is 4. The van der Waals surface area contributed by atoms with Gasteiger partial charge in [-0.3, -0.25) is 0 Å². The molecule has 0 radical (unpaired) electrons. The standard InChI is InChI=1S/C34H36O5/c1-5-13-27(14-6-1)22-35-26-32-34(38-25-30-19-11-4-12-20-30)31(36-23-28-15-7-2-8-16-28)21-33(39-32)37-24-29-17-9-3-10-18-29/h1-20,31-34H,21-26H2/t31-,32-,33+,34+/m1/s1. The lowest BCUT2D eigenvalue weighted by Crippen LogP contribution is -2.53. The molecule has 39 heavy (non-hydrogen) atoms. The molecule has 0 unspecified atom stereocenters. The van der Waals surface area contributed by atoms with E-state index < -0.39 is 6.29 Å². The summed E-state index contributed by atoms with van der Waals surface area (Å²) in [6.45, 7) is 2.27. The maximum absolute atomic E-state index is 6.51. The van der Waals surface area contributed by atoms with Crippen LogP contribution >= 0.6 is 0 Å². The lowest BCUT2D eigenvalue weighted by atomic mass is 10.0. The van der Waals surface area contributed by atoms with Gasteiger partial charge in [0, 0.05) is 6.42 Å². The van der Waals surface area contributed by atoms with Crippen LogP contribution in [0.2, 0.25) is 0 Å². The molecule has 0 aromatic heterocycles. The van der Waals surface area contributed by atoms with Crippen LogP contribution in [0.3, 0.4) is 0 Å². The lowest BCUT2D eigenvalue weighted by Gasteiger charge is -2.41. The Labute approximate surface area is 231 Å². The fraction of sp³-hybridized carbons (Fsp3) is 0.294. The van der Waals surface area contributed by atoms with Gasteiger partial charge in [0.2, 0.25) is 0 Å². The first-order chi connectivity index (χ1) is 19.3. The molecule has 202 valence electrons. The molecule has 5 rings (SSSR count). The van der Waals surface area contributed by atoms with Crippen molar-refractivity contribution in [2.75, 3.05) is 6.61 Å². The van der Waals surface area contributed by atoms with E-state index in [0.29, 0.717) is 39.5 Å². The molecule has 0 amide bonds. The van der Waals surface area contributed by atoms with Crippen molar-refractivity contribution in [3.05, 3.63) is 144 Å². The summed E-state index contributed by atoms with van der Waals surface area (Å²) in [4.78, 5) is 0. The first-order valence-electron chi connectivity index (χ1n) is 13.6. The van der Waals surface area contributed by atoms with Crippen LogP contribution in [0, 0.1) is 0 Å². The van der Waals surface area contributed by atoms with E-state index >= 15 is 0 Å². The van der Waals surface area contributed by atoms with Gasteiger partial charge in [0.25, 0.3) is 0 Å². The largest absolute Gasteiger partial charge is 0.374 e. The zero-order valence-electron chi connectivity index (χ0n) is 22.1. The Kier molecular flexibility index (Phi) is 10.3. The third-order valence-corrected chi connectivity index (χ3v) is 6.75. The molecule has 1 fully saturated rings. The quantitative estimate of drug-likeness (QED) is 0.195. The Hall–Kier alpha value is -3.32. The van der Waals surface area contributed by atoms with Crippen LogP contribution in [0.15, 0.2) is 121 Å². The number of ether oxygens (including phenoxy) is 5. The SMILES string of the molecule is c1ccc(COC[C@H]2O[C@H](OCc3ccccc3)C[C@@H](OCc3ccccc3)[C@@H]2OCc2ccccc2)cc1. The van der Waals surface area contributed by atoms with Gasteiger partial charge >= 0.3 is 0 Å². The van der Waals surface area contributed by atoms with E-state index in [2.05, 4.69) is 48.5 Å². The lowest BCUT2D eigenvalue weighted by molar-refractivity contribution is -0.281. The highest BCUT2D eigenvalue weighted by Gasteiger charge is 2.41. The van der Waals surface area contributed by atoms with Crippen molar-refractivity contribution < 1.29 is 23.7 Å². The van der Waals surface area contributed by atoms with Crippen LogP contribution in [0.4, 0.5) is 0 Å². The third kappa shape index (κ3) is 8.59. The molecule has 5 heteroatoms. The van der Waals surface area contributed by atoms with E-state index in [0.717, 1.165) is 22.3 Å². The maximum atomic E-state index is 6.51. The summed E-state index contributed by atoms with van der Waals surface area (Å²) >= 11 is 0. The zero-order valence-corrected chi connectivity index (χ0v) is 22.1. The summed E-state index contributed by atoms with van der Waals surface area (Å²) < 4.78 is 31.9. The van der Waals surface area contributed by atoms with Crippen LogP contribution in [0.1, 0.15) is 28.7 Å². The number of hydrogen-bond donors (Lipinski definition) is 0. The Balaban J connectivity index is 1.30. The Morgan fingerprint density at radius 2 is 0.949 bits per heavy atom. The molecule has 1 aliphatic rings. The van der Waals surface area contributed by atoms with Gasteiger partial charge in [0.05, 0.1) is 39.1 Å². The van der Waals surface area contributed by atoms with Crippen LogP contribution in [-0.2, 0) is 50.1 Å². The molecule has 1 heterocycles. The van der Waals surface area contributed by atoms with Gasteiger partial charge in [-0.15, -0.1) is 0 Å². The average Bonchev–Trinajstić information content (AvgIpc) is 3.00. The number of rotatable bonds is 13. The molecule has 0 spiro atoms. The smallest absolute Gasteiger partial charge is 0.161 e. The van der Waals surface area contributed by atoms with E-state index in [-0.39, 0.29) is 18.3 Å². The Morgan fingerprint density at radius 3 is 1.46 bits per heavy atom. The Morgan fingerprint density at radius 1 is 0.513 bits per heavy atom. The topological polar surface area (TPSA) is 46.2 Å². The first kappa shape index (κ1) is 27.3. The van der Waals surface area contributed by atoms with E-state index in [1.807, 2.05) is 72.8 Å². The molecule has 1 saturated heterocycles. The molecule has 4 aromatic carbocycles. The van der Waals surface area contributed by atoms with Gasteiger partial charge in [-0.25, -0.2) is 0 Å². The van der Waals surface area contributed by atoms with Crippen molar-refractivity contribution in [1.82, 2.24) is 0 Å². The average molecular weight is 525 g/mol. The summed E-state index contributed by atoms with van der Waals surface area (Å²) in [5.74, 6) is 0. The zero-order chi connectivity index (χ0) is 26.5. The molecule has 0 N–H and O–H groups in total. The predicted molar refractivity (Wildman–Crippen MR) is 151 cm³/mol. The fourth-order valence-electron chi connectivity index (χ4n) is 4.68. The molecule has 0 aliphatic carbocycles. The minimum Gasteiger partial charge on any atom is -0.374 e. The van der Waals surface area contributed by atoms with Crippen LogP contribution in [-0.4, -0.2) is 31.2 Å². The monoisotopic (exact) mass is 524 g/mol. The first-order valence-corrected chi connectivity index (χ1v) is 13.6. The van der Waals surface area contributed by atoms with Gasteiger partial charge in [-0.05, 0) is 22.3 Å². The minimum absolute atomic E-state index is 0.228. The minimum atomic E-state index is -0.437. The highest BCUT2D eigenvalue weighted by atomic mass is 16.7. The summed E-state index contributed by atoms with van der Waals surface area (Å²) in [5.41, 5.74) is 4.43. The molecule has 0 saturated carbocycles. The summed E-state index contributed by atoms with van der Waals surface area (Å²) in [7, 11) is 0. The maximum Gasteiger partial charge on any atom is 0.161 e. The molecule has 1 aliphatic heterocycles. The van der Waals surface area contributed by atoms with E-state index in [4.69, 9.17) is 23.7 Å². The van der Waals surface area contributed by atoms with E-state index in [1.54, 1.807) is 0 Å². The van der Waals surface area contributed by atoms with Crippen molar-refractivity contribution in [1.29, 1.82) is 0 Å². The molecule has 4 aromatic rings. The summed E-state index contributed by atoms with van der Waals surface area (Å²) in [5, 5.41) is 0. The Bertz CT molecular complexity index is 1200. The van der Waals surface area contributed by atoms with Crippen molar-refractivity contribution in [2.45, 2.75) is 57.5 Å². The summed E-state index contributed by atoms with van der Waals surface area (Å²) in [6, 6.07) is 40.7. The van der Waals surface area contributed by atoms with Crippen LogP contribution < -0.4 is 0 Å².